The van der Waals surface area contributed by atoms with Gasteiger partial charge in [-0.05, 0) is 34.2 Å². The maximum Gasteiger partial charge on any atom is 0.152 e. The normalized spacial score (nSPS) is 15.1. The average Bonchev–Trinajstić information content (AvgIpc) is 2.69. The molecule has 1 heterocycles. The van der Waals surface area contributed by atoms with Gasteiger partial charge in [-0.2, -0.15) is 5.10 Å². The van der Waals surface area contributed by atoms with Gasteiger partial charge < -0.3 is 0 Å². The number of nitrogens with zero attached hydrogens (tertiary/aromatic N) is 1. The molecule has 0 aromatic heterocycles. The van der Waals surface area contributed by atoms with Crippen molar-refractivity contribution in [2.75, 3.05) is 5.88 Å². The van der Waals surface area contributed by atoms with Gasteiger partial charge in [-0.1, -0.05) is 41.7 Å². The fourth-order valence-electron chi connectivity index (χ4n) is 1.05. The van der Waals surface area contributed by atoms with Gasteiger partial charge in [-0.25, -0.2) is 0 Å². The zero-order chi connectivity index (χ0) is 9.80. The van der Waals surface area contributed by atoms with Crippen molar-refractivity contribution in [1.29, 1.82) is 0 Å². The highest BCUT2D eigenvalue weighted by Gasteiger charge is 2.08. The van der Waals surface area contributed by atoms with Crippen LogP contribution in [0.5, 0.6) is 0 Å². The molecule has 2 nitrogen and oxygen atoms in total. The van der Waals surface area contributed by atoms with E-state index in [2.05, 4.69) is 57.4 Å². The number of hydrogen-bond donors (Lipinski definition) is 1. The molecule has 1 N–H and O–H groups in total. The molecule has 1 aromatic rings. The largest absolute Gasteiger partial charge is 0.298 e. The second kappa shape index (κ2) is 5.27. The minimum atomic E-state index is 0.911. The second-order valence-corrected chi connectivity index (χ2v) is 6.05. The standard InChI is InChI=1S/C9H9IN2S2/c10-8-4-2-1-3-7(8)5-13-9-12-11-6-14-9/h1-4,11H,5-6H2. The van der Waals surface area contributed by atoms with Crippen LogP contribution in [-0.2, 0) is 5.75 Å². The summed E-state index contributed by atoms with van der Waals surface area (Å²) in [5.41, 5.74) is 4.33. The molecule has 1 aliphatic rings. The first kappa shape index (κ1) is 10.6. The summed E-state index contributed by atoms with van der Waals surface area (Å²) < 4.78 is 2.47. The van der Waals surface area contributed by atoms with Crippen LogP contribution in [0.3, 0.4) is 0 Å². The van der Waals surface area contributed by atoms with Gasteiger partial charge in [0, 0.05) is 9.32 Å². The van der Waals surface area contributed by atoms with E-state index < -0.39 is 0 Å². The monoisotopic (exact) mass is 336 g/mol. The van der Waals surface area contributed by atoms with Crippen molar-refractivity contribution in [1.82, 2.24) is 5.43 Å². The third-order valence-electron chi connectivity index (χ3n) is 1.74. The molecular formula is C9H9IN2S2. The van der Waals surface area contributed by atoms with Crippen LogP contribution < -0.4 is 5.43 Å². The predicted molar refractivity (Wildman–Crippen MR) is 73.5 cm³/mol. The van der Waals surface area contributed by atoms with E-state index in [1.165, 1.54) is 9.13 Å². The fourth-order valence-corrected chi connectivity index (χ4v) is 3.62. The Hall–Kier alpha value is 0.120. The summed E-state index contributed by atoms with van der Waals surface area (Å²) in [6.07, 6.45) is 0. The van der Waals surface area contributed by atoms with E-state index in [1.54, 1.807) is 23.5 Å². The van der Waals surface area contributed by atoms with E-state index in [0.717, 1.165) is 16.0 Å². The van der Waals surface area contributed by atoms with Gasteiger partial charge in [-0.15, -0.1) is 0 Å². The second-order valence-electron chi connectivity index (χ2n) is 2.70. The van der Waals surface area contributed by atoms with Crippen molar-refractivity contribution in [3.8, 4) is 0 Å². The van der Waals surface area contributed by atoms with E-state index in [1.807, 2.05) is 0 Å². The Morgan fingerprint density at radius 1 is 1.50 bits per heavy atom. The van der Waals surface area contributed by atoms with Gasteiger partial charge in [0.25, 0.3) is 0 Å². The van der Waals surface area contributed by atoms with Gasteiger partial charge in [0.15, 0.2) is 4.38 Å². The fraction of sp³-hybridized carbons (Fsp3) is 0.222. The van der Waals surface area contributed by atoms with Crippen LogP contribution in [0.4, 0.5) is 0 Å². The number of hydrazone groups is 1. The number of nitrogens with one attached hydrogen (secondary N) is 1. The first-order chi connectivity index (χ1) is 6.86. The molecule has 5 heteroatoms. The lowest BCUT2D eigenvalue weighted by molar-refractivity contribution is 0.895. The minimum Gasteiger partial charge on any atom is -0.298 e. The first-order valence-corrected chi connectivity index (χ1v) is 7.21. The van der Waals surface area contributed by atoms with Crippen molar-refractivity contribution in [3.63, 3.8) is 0 Å². The van der Waals surface area contributed by atoms with Crippen molar-refractivity contribution < 1.29 is 0 Å². The molecule has 74 valence electrons. The number of thioether (sulfide) groups is 2. The summed E-state index contributed by atoms with van der Waals surface area (Å²) in [7, 11) is 0. The summed E-state index contributed by atoms with van der Waals surface area (Å²) >= 11 is 5.94. The molecule has 1 aromatic carbocycles. The first-order valence-electron chi connectivity index (χ1n) is 4.16. The van der Waals surface area contributed by atoms with Crippen molar-refractivity contribution in [2.45, 2.75) is 5.75 Å². The van der Waals surface area contributed by atoms with Crippen LogP contribution in [0.1, 0.15) is 5.56 Å². The molecule has 0 saturated heterocycles. The summed E-state index contributed by atoms with van der Waals surface area (Å²) in [5, 5.41) is 4.17. The van der Waals surface area contributed by atoms with E-state index in [4.69, 9.17) is 0 Å². The molecule has 0 fully saturated rings. The molecule has 1 aliphatic heterocycles. The topological polar surface area (TPSA) is 24.4 Å². The Morgan fingerprint density at radius 3 is 3.07 bits per heavy atom. The highest BCUT2D eigenvalue weighted by Crippen LogP contribution is 2.25. The van der Waals surface area contributed by atoms with Gasteiger partial charge in [0.1, 0.15) is 0 Å². The van der Waals surface area contributed by atoms with Crippen molar-refractivity contribution >= 4 is 50.5 Å². The zero-order valence-electron chi connectivity index (χ0n) is 7.37. The molecule has 2 rings (SSSR count). The number of hydrogen-bond acceptors (Lipinski definition) is 4. The minimum absolute atomic E-state index is 0.911. The van der Waals surface area contributed by atoms with Crippen molar-refractivity contribution in [2.24, 2.45) is 5.10 Å². The summed E-state index contributed by atoms with van der Waals surface area (Å²) in [4.78, 5) is 0. The van der Waals surface area contributed by atoms with Crippen molar-refractivity contribution in [3.05, 3.63) is 33.4 Å². The van der Waals surface area contributed by atoms with Crippen LogP contribution in [0.2, 0.25) is 0 Å². The Labute approximate surface area is 105 Å². The van der Waals surface area contributed by atoms with Crippen LogP contribution in [0, 0.1) is 3.57 Å². The highest BCUT2D eigenvalue weighted by molar-refractivity contribution is 14.1. The molecule has 14 heavy (non-hydrogen) atoms. The zero-order valence-corrected chi connectivity index (χ0v) is 11.2. The van der Waals surface area contributed by atoms with E-state index in [9.17, 15) is 0 Å². The summed E-state index contributed by atoms with van der Waals surface area (Å²) in [5.74, 6) is 1.92. The number of halogens is 1. The lowest BCUT2D eigenvalue weighted by atomic mass is 10.2. The third kappa shape index (κ3) is 2.80. The van der Waals surface area contributed by atoms with Crippen LogP contribution >= 0.6 is 46.1 Å². The van der Waals surface area contributed by atoms with Gasteiger partial charge in [-0.3, -0.25) is 5.43 Å². The molecule has 0 bridgehead atoms. The molecular weight excluding hydrogens is 327 g/mol. The van der Waals surface area contributed by atoms with Gasteiger partial charge in [0.2, 0.25) is 0 Å². The molecule has 0 aliphatic carbocycles. The van der Waals surface area contributed by atoms with E-state index >= 15 is 0 Å². The SMILES string of the molecule is Ic1ccccc1CSC1=NNCS1. The third-order valence-corrected chi connectivity index (χ3v) is 4.90. The Morgan fingerprint density at radius 2 is 2.36 bits per heavy atom. The summed E-state index contributed by atoms with van der Waals surface area (Å²) in [6.45, 7) is 0. The van der Waals surface area contributed by atoms with Crippen LogP contribution in [-0.4, -0.2) is 10.3 Å². The van der Waals surface area contributed by atoms with Gasteiger partial charge in [0.05, 0.1) is 5.88 Å². The molecule has 0 unspecified atom stereocenters. The lowest BCUT2D eigenvalue weighted by Crippen LogP contribution is -1.93. The quantitative estimate of drug-likeness (QED) is 0.840. The molecule has 0 saturated carbocycles. The lowest BCUT2D eigenvalue weighted by Gasteiger charge is -2.02. The predicted octanol–water partition coefficient (Wildman–Crippen LogP) is 3.09. The average molecular weight is 336 g/mol. The van der Waals surface area contributed by atoms with Crippen LogP contribution in [0.15, 0.2) is 29.4 Å². The molecule has 0 atom stereocenters. The number of benzene rings is 1. The number of rotatable bonds is 2. The Bertz CT molecular complexity index is 354. The molecule has 0 radical (unpaired) electrons. The highest BCUT2D eigenvalue weighted by atomic mass is 127. The maximum absolute atomic E-state index is 4.17. The van der Waals surface area contributed by atoms with E-state index in [0.29, 0.717) is 0 Å². The van der Waals surface area contributed by atoms with Crippen LogP contribution in [0.25, 0.3) is 0 Å². The Balaban J connectivity index is 1.94. The maximum atomic E-state index is 4.17. The molecule has 0 spiro atoms. The van der Waals surface area contributed by atoms with E-state index in [-0.39, 0.29) is 0 Å². The smallest absolute Gasteiger partial charge is 0.152 e. The summed E-state index contributed by atoms with van der Waals surface area (Å²) in [6, 6.07) is 8.46. The van der Waals surface area contributed by atoms with Gasteiger partial charge >= 0.3 is 0 Å². The molecule has 0 amide bonds. The Kier molecular flexibility index (Phi) is 4.00.